The molecule has 1 aromatic carbocycles. The number of para-hydroxylation sites is 1. The van der Waals surface area contributed by atoms with E-state index >= 15 is 0 Å². The molecule has 0 heterocycles. The van der Waals surface area contributed by atoms with Gasteiger partial charge >= 0.3 is 5.97 Å². The van der Waals surface area contributed by atoms with Crippen LogP contribution in [-0.4, -0.2) is 28.9 Å². The fourth-order valence-electron chi connectivity index (χ4n) is 1.07. The van der Waals surface area contributed by atoms with Crippen LogP contribution in [0.1, 0.15) is 23.7 Å². The Morgan fingerprint density at radius 2 is 2.13 bits per heavy atom. The lowest BCUT2D eigenvalue weighted by Crippen LogP contribution is -2.17. The topological polar surface area (TPSA) is 66.8 Å². The first-order valence-electron chi connectivity index (χ1n) is 4.78. The predicted molar refractivity (Wildman–Crippen MR) is 55.2 cm³/mol. The molecule has 4 heteroatoms. The Labute approximate surface area is 88.1 Å². The SMILES string of the molecule is CCC(O)COc1ccccc1C(=O)O. The molecule has 1 atom stereocenters. The van der Waals surface area contributed by atoms with E-state index in [-0.39, 0.29) is 17.9 Å². The molecule has 2 N–H and O–H groups in total. The van der Waals surface area contributed by atoms with Gasteiger partial charge in [0.2, 0.25) is 0 Å². The molecule has 0 aromatic heterocycles. The molecule has 0 aliphatic heterocycles. The summed E-state index contributed by atoms with van der Waals surface area (Å²) in [5.74, 6) is -0.742. The lowest BCUT2D eigenvalue weighted by molar-refractivity contribution is 0.0682. The highest BCUT2D eigenvalue weighted by molar-refractivity contribution is 5.90. The summed E-state index contributed by atoms with van der Waals surface area (Å²) in [5, 5.41) is 18.1. The molecule has 0 fully saturated rings. The Balaban J connectivity index is 2.72. The molecular weight excluding hydrogens is 196 g/mol. The van der Waals surface area contributed by atoms with Gasteiger partial charge in [-0.15, -0.1) is 0 Å². The number of benzene rings is 1. The van der Waals surface area contributed by atoms with Crippen LogP contribution >= 0.6 is 0 Å². The molecule has 0 saturated heterocycles. The van der Waals surface area contributed by atoms with Gasteiger partial charge in [-0.3, -0.25) is 0 Å². The lowest BCUT2D eigenvalue weighted by atomic mass is 10.2. The van der Waals surface area contributed by atoms with Crippen molar-refractivity contribution < 1.29 is 19.7 Å². The van der Waals surface area contributed by atoms with Crippen molar-refractivity contribution >= 4 is 5.97 Å². The molecule has 0 aliphatic rings. The van der Waals surface area contributed by atoms with Gasteiger partial charge in [0, 0.05) is 0 Å². The second kappa shape index (κ2) is 5.36. The predicted octanol–water partition coefficient (Wildman–Crippen LogP) is 1.53. The highest BCUT2D eigenvalue weighted by Gasteiger charge is 2.11. The van der Waals surface area contributed by atoms with E-state index in [1.54, 1.807) is 18.2 Å². The van der Waals surface area contributed by atoms with E-state index in [0.29, 0.717) is 6.42 Å². The molecule has 0 saturated carbocycles. The maximum atomic E-state index is 10.8. The molecule has 4 nitrogen and oxygen atoms in total. The van der Waals surface area contributed by atoms with Crippen LogP contribution in [0.5, 0.6) is 5.75 Å². The second-order valence-electron chi connectivity index (χ2n) is 3.17. The van der Waals surface area contributed by atoms with Gasteiger partial charge in [0.15, 0.2) is 0 Å². The molecule has 15 heavy (non-hydrogen) atoms. The van der Waals surface area contributed by atoms with Crippen molar-refractivity contribution in [1.29, 1.82) is 0 Å². The van der Waals surface area contributed by atoms with Crippen LogP contribution < -0.4 is 4.74 Å². The number of carboxylic acids is 1. The largest absolute Gasteiger partial charge is 0.490 e. The zero-order valence-corrected chi connectivity index (χ0v) is 8.51. The second-order valence-corrected chi connectivity index (χ2v) is 3.17. The number of rotatable bonds is 5. The molecular formula is C11H14O4. The van der Waals surface area contributed by atoms with Crippen LogP contribution in [0.15, 0.2) is 24.3 Å². The van der Waals surface area contributed by atoms with Crippen LogP contribution in [0.25, 0.3) is 0 Å². The number of aromatic carboxylic acids is 1. The van der Waals surface area contributed by atoms with Crippen molar-refractivity contribution in [2.75, 3.05) is 6.61 Å². The van der Waals surface area contributed by atoms with Crippen LogP contribution in [-0.2, 0) is 0 Å². The van der Waals surface area contributed by atoms with Crippen LogP contribution in [0, 0.1) is 0 Å². The Morgan fingerprint density at radius 3 is 2.73 bits per heavy atom. The van der Waals surface area contributed by atoms with Gasteiger partial charge in [-0.05, 0) is 18.6 Å². The Bertz CT molecular complexity index is 335. The Morgan fingerprint density at radius 1 is 1.47 bits per heavy atom. The van der Waals surface area contributed by atoms with E-state index in [1.165, 1.54) is 6.07 Å². The summed E-state index contributed by atoms with van der Waals surface area (Å²) in [6.07, 6.45) is 0.0155. The average molecular weight is 210 g/mol. The van der Waals surface area contributed by atoms with E-state index in [4.69, 9.17) is 9.84 Å². The van der Waals surface area contributed by atoms with Gasteiger partial charge < -0.3 is 14.9 Å². The molecule has 0 bridgehead atoms. The Kier molecular flexibility index (Phi) is 4.12. The van der Waals surface area contributed by atoms with Gasteiger partial charge in [0.1, 0.15) is 17.9 Å². The zero-order chi connectivity index (χ0) is 11.3. The normalized spacial score (nSPS) is 12.1. The maximum Gasteiger partial charge on any atom is 0.339 e. The molecule has 1 rings (SSSR count). The lowest BCUT2D eigenvalue weighted by Gasteiger charge is -2.11. The first-order valence-corrected chi connectivity index (χ1v) is 4.78. The number of ether oxygens (including phenoxy) is 1. The summed E-state index contributed by atoms with van der Waals surface area (Å²) in [5.41, 5.74) is 0.112. The van der Waals surface area contributed by atoms with Gasteiger partial charge in [-0.1, -0.05) is 19.1 Å². The summed E-state index contributed by atoms with van der Waals surface area (Å²) >= 11 is 0. The third-order valence-corrected chi connectivity index (χ3v) is 2.02. The van der Waals surface area contributed by atoms with Crippen molar-refractivity contribution in [3.63, 3.8) is 0 Å². The summed E-state index contributed by atoms with van der Waals surface area (Å²) in [4.78, 5) is 10.8. The molecule has 82 valence electrons. The van der Waals surface area contributed by atoms with E-state index in [1.807, 2.05) is 6.92 Å². The number of aliphatic hydroxyl groups is 1. The maximum absolute atomic E-state index is 10.8. The summed E-state index contributed by atoms with van der Waals surface area (Å²) in [6.45, 7) is 1.94. The molecule has 1 aromatic rings. The minimum absolute atomic E-state index is 0.112. The number of hydrogen-bond acceptors (Lipinski definition) is 3. The molecule has 0 radical (unpaired) electrons. The quantitative estimate of drug-likeness (QED) is 0.773. The monoisotopic (exact) mass is 210 g/mol. The minimum atomic E-state index is -1.03. The van der Waals surface area contributed by atoms with Crippen LogP contribution in [0.3, 0.4) is 0 Å². The van der Waals surface area contributed by atoms with Gasteiger partial charge in [0.05, 0.1) is 6.10 Å². The van der Waals surface area contributed by atoms with Crippen molar-refractivity contribution in [1.82, 2.24) is 0 Å². The summed E-state index contributed by atoms with van der Waals surface area (Å²) in [7, 11) is 0. The van der Waals surface area contributed by atoms with E-state index < -0.39 is 12.1 Å². The zero-order valence-electron chi connectivity index (χ0n) is 8.51. The van der Waals surface area contributed by atoms with Gasteiger partial charge in [-0.25, -0.2) is 4.79 Å². The number of hydrogen-bond donors (Lipinski definition) is 2. The smallest absolute Gasteiger partial charge is 0.339 e. The first kappa shape index (κ1) is 11.5. The van der Waals surface area contributed by atoms with E-state index in [0.717, 1.165) is 0 Å². The average Bonchev–Trinajstić information content (AvgIpc) is 2.26. The highest BCUT2D eigenvalue weighted by Crippen LogP contribution is 2.17. The molecule has 0 amide bonds. The number of carbonyl (C=O) groups is 1. The van der Waals surface area contributed by atoms with E-state index in [2.05, 4.69) is 0 Å². The summed E-state index contributed by atoms with van der Waals surface area (Å²) in [6, 6.07) is 6.37. The van der Waals surface area contributed by atoms with Gasteiger partial charge in [0.25, 0.3) is 0 Å². The van der Waals surface area contributed by atoms with Crippen molar-refractivity contribution in [2.45, 2.75) is 19.4 Å². The molecule has 0 spiro atoms. The number of aliphatic hydroxyl groups excluding tert-OH is 1. The fourth-order valence-corrected chi connectivity index (χ4v) is 1.07. The standard InChI is InChI=1S/C11H14O4/c1-2-8(12)7-15-10-6-4-3-5-9(10)11(13)14/h3-6,8,12H,2,7H2,1H3,(H,13,14). The fraction of sp³-hybridized carbons (Fsp3) is 0.364. The van der Waals surface area contributed by atoms with Gasteiger partial charge in [-0.2, -0.15) is 0 Å². The highest BCUT2D eigenvalue weighted by atomic mass is 16.5. The minimum Gasteiger partial charge on any atom is -0.490 e. The van der Waals surface area contributed by atoms with Crippen LogP contribution in [0.4, 0.5) is 0 Å². The summed E-state index contributed by atoms with van der Waals surface area (Å²) < 4.78 is 5.22. The van der Waals surface area contributed by atoms with Crippen LogP contribution in [0.2, 0.25) is 0 Å². The molecule has 1 unspecified atom stereocenters. The molecule has 0 aliphatic carbocycles. The van der Waals surface area contributed by atoms with E-state index in [9.17, 15) is 9.90 Å². The van der Waals surface area contributed by atoms with Crippen molar-refractivity contribution in [3.8, 4) is 5.75 Å². The first-order chi connectivity index (χ1) is 7.15. The van der Waals surface area contributed by atoms with Crippen molar-refractivity contribution in [2.24, 2.45) is 0 Å². The third kappa shape index (κ3) is 3.25. The number of carboxylic acid groups (broad SMARTS) is 1. The Hall–Kier alpha value is -1.55. The third-order valence-electron chi connectivity index (χ3n) is 2.02. The van der Waals surface area contributed by atoms with Crippen molar-refractivity contribution in [3.05, 3.63) is 29.8 Å².